The second-order valence-corrected chi connectivity index (χ2v) is 6.76. The molecular formula is C15H21BrClN3O. The zero-order valence-electron chi connectivity index (χ0n) is 12.2. The van der Waals surface area contributed by atoms with E-state index >= 15 is 0 Å². The van der Waals surface area contributed by atoms with Crippen molar-refractivity contribution in [1.29, 1.82) is 0 Å². The van der Waals surface area contributed by atoms with Gasteiger partial charge in [0.2, 0.25) is 0 Å². The van der Waals surface area contributed by atoms with E-state index in [4.69, 9.17) is 11.6 Å². The maximum absolute atomic E-state index is 12.0. The summed E-state index contributed by atoms with van der Waals surface area (Å²) in [5.74, 6) is -0.0726. The lowest BCUT2D eigenvalue weighted by Gasteiger charge is -2.32. The Labute approximate surface area is 139 Å². The van der Waals surface area contributed by atoms with Gasteiger partial charge in [0, 0.05) is 47.8 Å². The van der Waals surface area contributed by atoms with E-state index in [0.717, 1.165) is 43.6 Å². The van der Waals surface area contributed by atoms with Crippen LogP contribution in [0.4, 0.5) is 0 Å². The molecule has 1 aromatic rings. The minimum atomic E-state index is -0.0726. The van der Waals surface area contributed by atoms with Crippen molar-refractivity contribution >= 4 is 33.4 Å². The molecule has 0 unspecified atom stereocenters. The zero-order valence-corrected chi connectivity index (χ0v) is 14.6. The summed E-state index contributed by atoms with van der Waals surface area (Å²) in [5.41, 5.74) is 0.592. The van der Waals surface area contributed by atoms with Crippen molar-refractivity contribution in [2.45, 2.75) is 6.42 Å². The van der Waals surface area contributed by atoms with E-state index in [-0.39, 0.29) is 5.91 Å². The van der Waals surface area contributed by atoms with Gasteiger partial charge in [-0.05, 0) is 38.2 Å². The van der Waals surface area contributed by atoms with Crippen LogP contribution in [-0.4, -0.2) is 62.0 Å². The third kappa shape index (κ3) is 5.58. The first-order chi connectivity index (χ1) is 10.0. The molecule has 6 heteroatoms. The Bertz CT molecular complexity index is 470. The molecule has 0 spiro atoms. The van der Waals surface area contributed by atoms with E-state index in [1.54, 1.807) is 18.2 Å². The van der Waals surface area contributed by atoms with Gasteiger partial charge in [0.05, 0.1) is 0 Å². The Hall–Kier alpha value is -0.620. The smallest absolute Gasteiger partial charge is 0.251 e. The van der Waals surface area contributed by atoms with Crippen LogP contribution in [0, 0.1) is 0 Å². The Morgan fingerprint density at radius 3 is 2.67 bits per heavy atom. The Morgan fingerprint density at radius 2 is 2.00 bits per heavy atom. The van der Waals surface area contributed by atoms with Crippen molar-refractivity contribution in [3.05, 3.63) is 33.3 Å². The van der Waals surface area contributed by atoms with Gasteiger partial charge < -0.3 is 15.1 Å². The predicted octanol–water partition coefficient (Wildman–Crippen LogP) is 2.47. The molecule has 1 aliphatic rings. The molecular weight excluding hydrogens is 354 g/mol. The second-order valence-electron chi connectivity index (χ2n) is 5.41. The van der Waals surface area contributed by atoms with Crippen molar-refractivity contribution in [2.24, 2.45) is 0 Å². The molecule has 1 saturated heterocycles. The molecule has 1 N–H and O–H groups in total. The van der Waals surface area contributed by atoms with Crippen molar-refractivity contribution in [3.8, 4) is 0 Å². The second kappa shape index (κ2) is 8.13. The number of hydrogen-bond acceptors (Lipinski definition) is 3. The number of halogens is 2. The summed E-state index contributed by atoms with van der Waals surface area (Å²) in [6, 6.07) is 5.23. The van der Waals surface area contributed by atoms with Gasteiger partial charge in [-0.25, -0.2) is 0 Å². The maximum Gasteiger partial charge on any atom is 0.251 e. The summed E-state index contributed by atoms with van der Waals surface area (Å²) in [7, 11) is 2.15. The van der Waals surface area contributed by atoms with Crippen molar-refractivity contribution < 1.29 is 4.79 Å². The lowest BCUT2D eigenvalue weighted by Crippen LogP contribution is -2.45. The number of nitrogens with one attached hydrogen (secondary N) is 1. The van der Waals surface area contributed by atoms with Gasteiger partial charge in [-0.2, -0.15) is 0 Å². The number of nitrogens with zero attached hydrogens (tertiary/aromatic N) is 2. The molecule has 0 bridgehead atoms. The van der Waals surface area contributed by atoms with E-state index in [2.05, 4.69) is 38.1 Å². The summed E-state index contributed by atoms with van der Waals surface area (Å²) in [5, 5.41) is 3.51. The predicted molar refractivity (Wildman–Crippen MR) is 90.0 cm³/mol. The summed E-state index contributed by atoms with van der Waals surface area (Å²) in [6.07, 6.45) is 0.969. The SMILES string of the molecule is CN1CCN(CCCNC(=O)c2cc(Cl)cc(Br)c2)CC1. The highest BCUT2D eigenvalue weighted by Gasteiger charge is 2.13. The third-order valence-corrected chi connectivity index (χ3v) is 4.33. The number of benzene rings is 1. The van der Waals surface area contributed by atoms with Crippen molar-refractivity contribution in [1.82, 2.24) is 15.1 Å². The number of amides is 1. The van der Waals surface area contributed by atoms with Crippen LogP contribution in [0.15, 0.2) is 22.7 Å². The molecule has 1 aromatic carbocycles. The van der Waals surface area contributed by atoms with E-state index in [1.807, 2.05) is 0 Å². The third-order valence-electron chi connectivity index (χ3n) is 3.66. The number of hydrogen-bond donors (Lipinski definition) is 1. The molecule has 0 aromatic heterocycles. The Balaban J connectivity index is 1.69. The molecule has 0 radical (unpaired) electrons. The molecule has 1 heterocycles. The molecule has 0 atom stereocenters. The molecule has 1 fully saturated rings. The van der Waals surface area contributed by atoms with Gasteiger partial charge in [0.1, 0.15) is 0 Å². The van der Waals surface area contributed by atoms with Gasteiger partial charge in [0.25, 0.3) is 5.91 Å². The van der Waals surface area contributed by atoms with Crippen LogP contribution < -0.4 is 5.32 Å². The monoisotopic (exact) mass is 373 g/mol. The highest BCUT2D eigenvalue weighted by molar-refractivity contribution is 9.10. The Morgan fingerprint density at radius 1 is 1.29 bits per heavy atom. The average molecular weight is 375 g/mol. The molecule has 21 heavy (non-hydrogen) atoms. The minimum Gasteiger partial charge on any atom is -0.352 e. The first-order valence-corrected chi connectivity index (χ1v) is 8.37. The van der Waals surface area contributed by atoms with Crippen LogP contribution in [0.1, 0.15) is 16.8 Å². The van der Waals surface area contributed by atoms with Gasteiger partial charge in [-0.15, -0.1) is 0 Å². The fourth-order valence-electron chi connectivity index (χ4n) is 2.36. The fraction of sp³-hybridized carbons (Fsp3) is 0.533. The summed E-state index contributed by atoms with van der Waals surface area (Å²) in [4.78, 5) is 16.8. The molecule has 2 rings (SSSR count). The van der Waals surface area contributed by atoms with Gasteiger partial charge in [0.15, 0.2) is 0 Å². The maximum atomic E-state index is 12.0. The van der Waals surface area contributed by atoms with Gasteiger partial charge in [-0.3, -0.25) is 4.79 Å². The van der Waals surface area contributed by atoms with Crippen LogP contribution in [0.3, 0.4) is 0 Å². The van der Waals surface area contributed by atoms with E-state index in [1.165, 1.54) is 0 Å². The molecule has 4 nitrogen and oxygen atoms in total. The van der Waals surface area contributed by atoms with Crippen LogP contribution in [0.2, 0.25) is 5.02 Å². The standard InChI is InChI=1S/C15H21BrClN3O/c1-19-5-7-20(8-6-19)4-2-3-18-15(21)12-9-13(16)11-14(17)10-12/h9-11H,2-8H2,1H3,(H,18,21). The molecule has 0 aliphatic carbocycles. The highest BCUT2D eigenvalue weighted by atomic mass is 79.9. The molecule has 1 aliphatic heterocycles. The first kappa shape index (κ1) is 16.7. The zero-order chi connectivity index (χ0) is 15.2. The lowest BCUT2D eigenvalue weighted by molar-refractivity contribution is 0.0949. The molecule has 1 amide bonds. The Kier molecular flexibility index (Phi) is 6.48. The average Bonchev–Trinajstić information content (AvgIpc) is 2.44. The van der Waals surface area contributed by atoms with Crippen LogP contribution >= 0.6 is 27.5 Å². The van der Waals surface area contributed by atoms with E-state index in [9.17, 15) is 4.79 Å². The van der Waals surface area contributed by atoms with Crippen LogP contribution in [0.5, 0.6) is 0 Å². The quantitative estimate of drug-likeness (QED) is 0.804. The lowest BCUT2D eigenvalue weighted by atomic mass is 10.2. The normalized spacial score (nSPS) is 16.9. The number of carbonyl (C=O) groups excluding carboxylic acids is 1. The van der Waals surface area contributed by atoms with E-state index in [0.29, 0.717) is 17.1 Å². The number of rotatable bonds is 5. The molecule has 116 valence electrons. The number of piperazine rings is 1. The summed E-state index contributed by atoms with van der Waals surface area (Å²) in [6.45, 7) is 6.21. The van der Waals surface area contributed by atoms with E-state index < -0.39 is 0 Å². The van der Waals surface area contributed by atoms with Crippen molar-refractivity contribution in [2.75, 3.05) is 46.3 Å². The highest BCUT2D eigenvalue weighted by Crippen LogP contribution is 2.19. The number of carbonyl (C=O) groups is 1. The molecule has 0 saturated carbocycles. The number of likely N-dealkylation sites (N-methyl/N-ethyl adjacent to an activating group) is 1. The topological polar surface area (TPSA) is 35.6 Å². The van der Waals surface area contributed by atoms with Crippen LogP contribution in [-0.2, 0) is 0 Å². The van der Waals surface area contributed by atoms with Crippen LogP contribution in [0.25, 0.3) is 0 Å². The summed E-state index contributed by atoms with van der Waals surface area (Å²) >= 11 is 9.29. The minimum absolute atomic E-state index is 0.0726. The van der Waals surface area contributed by atoms with Crippen molar-refractivity contribution in [3.63, 3.8) is 0 Å². The van der Waals surface area contributed by atoms with Gasteiger partial charge >= 0.3 is 0 Å². The largest absolute Gasteiger partial charge is 0.352 e. The first-order valence-electron chi connectivity index (χ1n) is 7.20. The summed E-state index contributed by atoms with van der Waals surface area (Å²) < 4.78 is 0.817. The van der Waals surface area contributed by atoms with Gasteiger partial charge in [-0.1, -0.05) is 27.5 Å². The fourth-order valence-corrected chi connectivity index (χ4v) is 3.22.